The number of benzene rings is 2. The SMILES string of the molecule is O=C(NCCNc1ccc(C(F)(F)F)cn1)c1ccc(NS(=O)(=O)c2ccccc2)cc1. The van der Waals surface area contributed by atoms with Gasteiger partial charge < -0.3 is 10.6 Å². The Labute approximate surface area is 182 Å². The van der Waals surface area contributed by atoms with E-state index < -0.39 is 21.8 Å². The van der Waals surface area contributed by atoms with Crippen molar-refractivity contribution >= 4 is 27.4 Å². The predicted molar refractivity (Wildman–Crippen MR) is 114 cm³/mol. The fourth-order valence-corrected chi connectivity index (χ4v) is 3.72. The molecule has 11 heteroatoms. The minimum atomic E-state index is -4.45. The third-order valence-corrected chi connectivity index (χ3v) is 5.66. The number of sulfonamides is 1. The normalized spacial score (nSPS) is 11.6. The van der Waals surface area contributed by atoms with E-state index >= 15 is 0 Å². The number of nitrogens with zero attached hydrogens (tertiary/aromatic N) is 1. The molecular formula is C21H19F3N4O3S. The number of aromatic nitrogens is 1. The van der Waals surface area contributed by atoms with Crippen molar-refractivity contribution in [1.82, 2.24) is 10.3 Å². The van der Waals surface area contributed by atoms with Crippen LogP contribution in [-0.4, -0.2) is 32.4 Å². The van der Waals surface area contributed by atoms with Crippen molar-refractivity contribution in [3.05, 3.63) is 84.1 Å². The first-order valence-corrected chi connectivity index (χ1v) is 10.9. The van der Waals surface area contributed by atoms with Crippen LogP contribution in [-0.2, 0) is 16.2 Å². The Kier molecular flexibility index (Phi) is 6.98. The number of hydrogen-bond acceptors (Lipinski definition) is 5. The third-order valence-electron chi connectivity index (χ3n) is 4.26. The van der Waals surface area contributed by atoms with Crippen molar-refractivity contribution in [1.29, 1.82) is 0 Å². The van der Waals surface area contributed by atoms with E-state index in [-0.39, 0.29) is 29.7 Å². The van der Waals surface area contributed by atoms with E-state index in [1.807, 2.05) is 0 Å². The number of carbonyl (C=O) groups is 1. The highest BCUT2D eigenvalue weighted by molar-refractivity contribution is 7.92. The number of carbonyl (C=O) groups excluding carboxylic acids is 1. The summed E-state index contributed by atoms with van der Waals surface area (Å²) in [4.78, 5) is 16.0. The number of nitrogens with one attached hydrogen (secondary N) is 3. The second kappa shape index (κ2) is 9.69. The zero-order chi connectivity index (χ0) is 23.2. The lowest BCUT2D eigenvalue weighted by atomic mass is 10.2. The molecule has 0 spiro atoms. The maximum absolute atomic E-state index is 12.5. The average Bonchev–Trinajstić information content (AvgIpc) is 2.77. The van der Waals surface area contributed by atoms with Crippen molar-refractivity contribution in [2.75, 3.05) is 23.1 Å². The first-order chi connectivity index (χ1) is 15.1. The number of alkyl halides is 3. The summed E-state index contributed by atoms with van der Waals surface area (Å²) in [5.74, 6) is -0.132. The number of rotatable bonds is 8. The highest BCUT2D eigenvalue weighted by Gasteiger charge is 2.30. The van der Waals surface area contributed by atoms with E-state index in [1.54, 1.807) is 18.2 Å². The summed E-state index contributed by atoms with van der Waals surface area (Å²) in [5, 5.41) is 5.46. The van der Waals surface area contributed by atoms with E-state index in [9.17, 15) is 26.4 Å². The van der Waals surface area contributed by atoms with E-state index in [1.165, 1.54) is 42.5 Å². The van der Waals surface area contributed by atoms with Crippen molar-refractivity contribution in [3.63, 3.8) is 0 Å². The number of pyridine rings is 1. The van der Waals surface area contributed by atoms with Crippen LogP contribution in [0, 0.1) is 0 Å². The smallest absolute Gasteiger partial charge is 0.368 e. The summed E-state index contributed by atoms with van der Waals surface area (Å²) >= 11 is 0. The molecule has 0 saturated carbocycles. The summed E-state index contributed by atoms with van der Waals surface area (Å²) in [6.45, 7) is 0.447. The van der Waals surface area contributed by atoms with Gasteiger partial charge in [0, 0.05) is 30.5 Å². The van der Waals surface area contributed by atoms with E-state index in [4.69, 9.17) is 0 Å². The molecule has 0 saturated heterocycles. The Morgan fingerprint density at radius 1 is 0.906 bits per heavy atom. The van der Waals surface area contributed by atoms with E-state index in [0.717, 1.165) is 12.3 Å². The third kappa shape index (κ3) is 6.20. The Morgan fingerprint density at radius 2 is 1.59 bits per heavy atom. The number of hydrogen-bond donors (Lipinski definition) is 3. The maximum atomic E-state index is 12.5. The molecule has 3 N–H and O–H groups in total. The van der Waals surface area contributed by atoms with Gasteiger partial charge in [-0.25, -0.2) is 13.4 Å². The lowest BCUT2D eigenvalue weighted by Gasteiger charge is -2.10. The van der Waals surface area contributed by atoms with Gasteiger partial charge in [0.2, 0.25) is 0 Å². The molecule has 0 aliphatic heterocycles. The van der Waals surface area contributed by atoms with E-state index in [2.05, 4.69) is 20.3 Å². The van der Waals surface area contributed by atoms with Gasteiger partial charge in [-0.1, -0.05) is 18.2 Å². The lowest BCUT2D eigenvalue weighted by Crippen LogP contribution is -2.28. The lowest BCUT2D eigenvalue weighted by molar-refractivity contribution is -0.137. The highest BCUT2D eigenvalue weighted by Crippen LogP contribution is 2.28. The molecular weight excluding hydrogens is 445 g/mol. The summed E-state index contributed by atoms with van der Waals surface area (Å²) in [6, 6.07) is 15.9. The molecule has 0 atom stereocenters. The fourth-order valence-electron chi connectivity index (χ4n) is 2.64. The molecule has 0 fully saturated rings. The molecule has 0 radical (unpaired) electrons. The van der Waals surface area contributed by atoms with Gasteiger partial charge >= 0.3 is 6.18 Å². The van der Waals surface area contributed by atoms with Crippen LogP contribution in [0.25, 0.3) is 0 Å². The van der Waals surface area contributed by atoms with Crippen LogP contribution in [0.2, 0.25) is 0 Å². The maximum Gasteiger partial charge on any atom is 0.417 e. The first kappa shape index (κ1) is 23.1. The van der Waals surface area contributed by atoms with Gasteiger partial charge in [-0.3, -0.25) is 9.52 Å². The van der Waals surface area contributed by atoms with Crippen molar-refractivity contribution < 1.29 is 26.4 Å². The Hall–Kier alpha value is -3.60. The predicted octanol–water partition coefficient (Wildman–Crippen LogP) is 3.74. The summed E-state index contributed by atoms with van der Waals surface area (Å²) < 4.78 is 64.6. The molecule has 2 aromatic carbocycles. The molecule has 3 aromatic rings. The van der Waals surface area contributed by atoms with Crippen LogP contribution < -0.4 is 15.4 Å². The molecule has 0 bridgehead atoms. The molecule has 168 valence electrons. The zero-order valence-electron chi connectivity index (χ0n) is 16.6. The van der Waals surface area contributed by atoms with Crippen LogP contribution in [0.1, 0.15) is 15.9 Å². The van der Waals surface area contributed by atoms with Crippen molar-refractivity contribution in [3.8, 4) is 0 Å². The Bertz CT molecular complexity index is 1150. The molecule has 32 heavy (non-hydrogen) atoms. The van der Waals surface area contributed by atoms with Gasteiger partial charge in [0.15, 0.2) is 0 Å². The number of halogens is 3. The quantitative estimate of drug-likeness (QED) is 0.441. The van der Waals surface area contributed by atoms with Gasteiger partial charge in [0.1, 0.15) is 5.82 Å². The van der Waals surface area contributed by atoms with Crippen molar-refractivity contribution in [2.45, 2.75) is 11.1 Å². The second-order valence-corrected chi connectivity index (χ2v) is 8.29. The first-order valence-electron chi connectivity index (χ1n) is 9.38. The van der Waals surface area contributed by atoms with Crippen LogP contribution in [0.4, 0.5) is 24.7 Å². The summed E-state index contributed by atoms with van der Waals surface area (Å²) in [7, 11) is -3.73. The molecule has 3 rings (SSSR count). The van der Waals surface area contributed by atoms with Gasteiger partial charge in [0.05, 0.1) is 10.5 Å². The van der Waals surface area contributed by atoms with Gasteiger partial charge in [-0.05, 0) is 48.5 Å². The summed E-state index contributed by atoms with van der Waals surface area (Å²) in [6.07, 6.45) is -3.72. The monoisotopic (exact) mass is 464 g/mol. The minimum Gasteiger partial charge on any atom is -0.368 e. The van der Waals surface area contributed by atoms with E-state index in [0.29, 0.717) is 11.3 Å². The summed E-state index contributed by atoms with van der Waals surface area (Å²) in [5.41, 5.74) is -0.216. The van der Waals surface area contributed by atoms with Crippen LogP contribution in [0.3, 0.4) is 0 Å². The average molecular weight is 464 g/mol. The van der Waals surface area contributed by atoms with Gasteiger partial charge in [-0.15, -0.1) is 0 Å². The Balaban J connectivity index is 1.48. The standard InChI is InChI=1S/C21H19F3N4O3S/c22-21(23,24)16-8-11-19(27-14-16)25-12-13-26-20(29)15-6-9-17(10-7-15)28-32(30,31)18-4-2-1-3-5-18/h1-11,14,28H,12-13H2,(H,25,27)(H,26,29). The largest absolute Gasteiger partial charge is 0.417 e. The fraction of sp³-hybridized carbons (Fsp3) is 0.143. The second-order valence-electron chi connectivity index (χ2n) is 6.61. The number of anilines is 2. The van der Waals surface area contributed by atoms with Crippen molar-refractivity contribution in [2.24, 2.45) is 0 Å². The topological polar surface area (TPSA) is 100 Å². The van der Waals surface area contributed by atoms with Crippen LogP contribution in [0.5, 0.6) is 0 Å². The molecule has 0 aliphatic carbocycles. The van der Waals surface area contributed by atoms with Gasteiger partial charge in [0.25, 0.3) is 15.9 Å². The molecule has 1 amide bonds. The van der Waals surface area contributed by atoms with Crippen LogP contribution >= 0.6 is 0 Å². The molecule has 1 heterocycles. The Morgan fingerprint density at radius 3 is 2.19 bits per heavy atom. The highest BCUT2D eigenvalue weighted by atomic mass is 32.2. The molecule has 0 unspecified atom stereocenters. The molecule has 0 aliphatic rings. The number of amides is 1. The molecule has 7 nitrogen and oxygen atoms in total. The van der Waals surface area contributed by atoms with Gasteiger partial charge in [-0.2, -0.15) is 13.2 Å². The molecule has 1 aromatic heterocycles. The van der Waals surface area contributed by atoms with Crippen LogP contribution in [0.15, 0.2) is 77.8 Å². The minimum absolute atomic E-state index is 0.122. The zero-order valence-corrected chi connectivity index (χ0v) is 17.4.